The smallest absolute Gasteiger partial charge is 0.748 e. The van der Waals surface area contributed by atoms with Crippen molar-refractivity contribution in [3.8, 4) is 0 Å². The van der Waals surface area contributed by atoms with E-state index >= 15 is 0 Å². The van der Waals surface area contributed by atoms with Crippen LogP contribution in [0.15, 0.2) is 0 Å². The van der Waals surface area contributed by atoms with Crippen LogP contribution in [0.5, 0.6) is 0 Å². The summed E-state index contributed by atoms with van der Waals surface area (Å²) in [5.41, 5.74) is 0. The monoisotopic (exact) mass is 442 g/mol. The first-order valence-electron chi connectivity index (χ1n) is 12.0. The first kappa shape index (κ1) is 32.1. The van der Waals surface area contributed by atoms with E-state index in [2.05, 4.69) is 6.92 Å². The number of aliphatic hydroxyl groups excluding tert-OH is 1. The van der Waals surface area contributed by atoms with Gasteiger partial charge >= 0.3 is 29.6 Å². The van der Waals surface area contributed by atoms with Gasteiger partial charge in [0.2, 0.25) is 0 Å². The molecule has 0 aliphatic heterocycles. The fraction of sp³-hybridized carbons (Fsp3) is 1.00. The van der Waals surface area contributed by atoms with Gasteiger partial charge in [-0.2, -0.15) is 0 Å². The Balaban J connectivity index is 0. The van der Waals surface area contributed by atoms with E-state index < -0.39 is 21.5 Å². The predicted octanol–water partition coefficient (Wildman–Crippen LogP) is 3.72. The molecule has 0 heterocycles. The molecule has 0 saturated heterocycles. The van der Waals surface area contributed by atoms with Crippen LogP contribution in [-0.4, -0.2) is 29.4 Å². The maximum Gasteiger partial charge on any atom is 1.00 e. The van der Waals surface area contributed by atoms with Crippen molar-refractivity contribution in [1.29, 1.82) is 0 Å². The van der Waals surface area contributed by atoms with Crippen molar-refractivity contribution >= 4 is 10.1 Å². The summed E-state index contributed by atoms with van der Waals surface area (Å²) >= 11 is 0. The molecule has 0 rings (SSSR count). The molecule has 170 valence electrons. The molecular formula is C23H47NaO4S. The summed E-state index contributed by atoms with van der Waals surface area (Å²) in [4.78, 5) is 0. The maximum atomic E-state index is 11.2. The summed E-state index contributed by atoms with van der Waals surface area (Å²) in [6, 6.07) is 0. The van der Waals surface area contributed by atoms with Crippen LogP contribution in [0.2, 0.25) is 0 Å². The molecule has 0 radical (unpaired) electrons. The zero-order chi connectivity index (χ0) is 21.1. The van der Waals surface area contributed by atoms with Crippen LogP contribution >= 0.6 is 0 Å². The van der Waals surface area contributed by atoms with Gasteiger partial charge in [-0.15, -0.1) is 0 Å². The molecule has 6 heteroatoms. The standard InChI is InChI=1S/C23H48O4S.Na/c1-3-5-6-7-8-9-10-11-12-13-14-15-16-17-19-22(24)20-21-23(18-4-2)28(25,26)27;/h22-24H,3-21H2,1-2H3,(H,25,26,27);/q;+1/p-1. The topological polar surface area (TPSA) is 77.4 Å². The van der Waals surface area contributed by atoms with E-state index in [0.717, 1.165) is 19.3 Å². The van der Waals surface area contributed by atoms with Crippen molar-refractivity contribution < 1.29 is 47.6 Å². The van der Waals surface area contributed by atoms with Crippen LogP contribution in [0.1, 0.15) is 136 Å². The van der Waals surface area contributed by atoms with Crippen LogP contribution in [0.3, 0.4) is 0 Å². The van der Waals surface area contributed by atoms with Gasteiger partial charge in [0.05, 0.1) is 16.2 Å². The molecule has 0 aromatic rings. The average Bonchev–Trinajstić information content (AvgIpc) is 2.64. The Morgan fingerprint density at radius 2 is 1.03 bits per heavy atom. The molecule has 0 aliphatic carbocycles. The van der Waals surface area contributed by atoms with Crippen LogP contribution in [0, 0.1) is 0 Å². The van der Waals surface area contributed by atoms with E-state index in [4.69, 9.17) is 0 Å². The Bertz CT molecular complexity index is 429. The summed E-state index contributed by atoms with van der Waals surface area (Å²) < 4.78 is 33.6. The molecule has 29 heavy (non-hydrogen) atoms. The SMILES string of the molecule is CCCCCCCCCCCCCCCCC(O)CCC(CCC)S(=O)(=O)[O-].[Na+]. The van der Waals surface area contributed by atoms with Gasteiger partial charge in [0, 0.05) is 5.25 Å². The van der Waals surface area contributed by atoms with Gasteiger partial charge in [0.15, 0.2) is 0 Å². The van der Waals surface area contributed by atoms with Crippen LogP contribution < -0.4 is 29.6 Å². The summed E-state index contributed by atoms with van der Waals surface area (Å²) in [5, 5.41) is 9.20. The third-order valence-corrected chi connectivity index (χ3v) is 7.02. The molecule has 2 unspecified atom stereocenters. The fourth-order valence-electron chi connectivity index (χ4n) is 3.85. The van der Waals surface area contributed by atoms with Crippen LogP contribution in [0.25, 0.3) is 0 Å². The molecule has 0 amide bonds. The minimum atomic E-state index is -4.23. The quantitative estimate of drug-likeness (QED) is 0.167. The van der Waals surface area contributed by atoms with Crippen LogP contribution in [-0.2, 0) is 10.1 Å². The minimum Gasteiger partial charge on any atom is -0.748 e. The molecule has 4 nitrogen and oxygen atoms in total. The predicted molar refractivity (Wildman–Crippen MR) is 119 cm³/mol. The van der Waals surface area contributed by atoms with Crippen molar-refractivity contribution in [2.45, 2.75) is 147 Å². The van der Waals surface area contributed by atoms with Gasteiger partial charge < -0.3 is 9.66 Å². The second-order valence-electron chi connectivity index (χ2n) is 8.52. The first-order valence-corrected chi connectivity index (χ1v) is 13.5. The second-order valence-corrected chi connectivity index (χ2v) is 10.2. The molecule has 0 bridgehead atoms. The van der Waals surface area contributed by atoms with Crippen molar-refractivity contribution in [1.82, 2.24) is 0 Å². The molecule has 0 aromatic heterocycles. The van der Waals surface area contributed by atoms with Crippen LogP contribution in [0.4, 0.5) is 0 Å². The maximum absolute atomic E-state index is 11.2. The summed E-state index contributed by atoms with van der Waals surface area (Å²) in [6.45, 7) is 4.14. The van der Waals surface area contributed by atoms with Gasteiger partial charge in [-0.1, -0.05) is 110 Å². The summed E-state index contributed by atoms with van der Waals surface area (Å²) in [5.74, 6) is 0. The molecule has 0 aromatic carbocycles. The minimum absolute atomic E-state index is 0. The van der Waals surface area contributed by atoms with E-state index in [1.165, 1.54) is 77.0 Å². The van der Waals surface area contributed by atoms with Crippen molar-refractivity contribution in [2.24, 2.45) is 0 Å². The van der Waals surface area contributed by atoms with Crippen molar-refractivity contribution in [2.75, 3.05) is 0 Å². The molecule has 0 fully saturated rings. The zero-order valence-electron chi connectivity index (χ0n) is 19.7. The molecule has 0 spiro atoms. The Kier molecular flexibility index (Phi) is 24.4. The van der Waals surface area contributed by atoms with Gasteiger partial charge in [-0.05, 0) is 25.7 Å². The summed E-state index contributed by atoms with van der Waals surface area (Å²) in [7, 11) is -4.23. The largest absolute Gasteiger partial charge is 1.00 e. The third-order valence-electron chi connectivity index (χ3n) is 5.73. The Morgan fingerprint density at radius 1 is 0.621 bits per heavy atom. The normalized spacial score (nSPS) is 13.8. The Morgan fingerprint density at radius 3 is 1.41 bits per heavy atom. The van der Waals surface area contributed by atoms with E-state index in [1.807, 2.05) is 6.92 Å². The van der Waals surface area contributed by atoms with E-state index in [-0.39, 0.29) is 29.6 Å². The summed E-state index contributed by atoms with van der Waals surface area (Å²) in [6.07, 6.45) is 20.4. The molecular weight excluding hydrogens is 395 g/mol. The van der Waals surface area contributed by atoms with Crippen molar-refractivity contribution in [3.05, 3.63) is 0 Å². The van der Waals surface area contributed by atoms with E-state index in [0.29, 0.717) is 25.7 Å². The third kappa shape index (κ3) is 21.9. The van der Waals surface area contributed by atoms with Gasteiger partial charge in [-0.25, -0.2) is 8.42 Å². The van der Waals surface area contributed by atoms with E-state index in [9.17, 15) is 18.1 Å². The number of hydrogen-bond acceptors (Lipinski definition) is 4. The average molecular weight is 443 g/mol. The van der Waals surface area contributed by atoms with Gasteiger partial charge in [0.25, 0.3) is 0 Å². The molecule has 0 aliphatic rings. The number of unbranched alkanes of at least 4 members (excludes halogenated alkanes) is 13. The number of aliphatic hydroxyl groups is 1. The second kappa shape index (κ2) is 22.1. The zero-order valence-corrected chi connectivity index (χ0v) is 22.5. The van der Waals surface area contributed by atoms with Gasteiger partial charge in [-0.3, -0.25) is 0 Å². The van der Waals surface area contributed by atoms with Gasteiger partial charge in [0.1, 0.15) is 0 Å². The van der Waals surface area contributed by atoms with Crippen molar-refractivity contribution in [3.63, 3.8) is 0 Å². The molecule has 2 atom stereocenters. The molecule has 1 N–H and O–H groups in total. The number of hydrogen-bond donors (Lipinski definition) is 1. The Hall–Kier alpha value is 0.870. The number of rotatable bonds is 21. The first-order chi connectivity index (χ1) is 13.4. The van der Waals surface area contributed by atoms with E-state index in [1.54, 1.807) is 0 Å². The molecule has 0 saturated carbocycles. The fourth-order valence-corrected chi connectivity index (χ4v) is 4.80. The Labute approximate surface area is 204 Å².